The van der Waals surface area contributed by atoms with E-state index in [1.807, 2.05) is 0 Å². The molecule has 0 unspecified atom stereocenters. The number of hydrogen-bond donors (Lipinski definition) is 0. The Morgan fingerprint density at radius 3 is 1.74 bits per heavy atom. The van der Waals surface area contributed by atoms with Gasteiger partial charge in [0.1, 0.15) is 22.3 Å². The van der Waals surface area contributed by atoms with Crippen LogP contribution in [0.15, 0.2) is 215 Å². The first-order valence-electron chi connectivity index (χ1n) is 23.5. The van der Waals surface area contributed by atoms with E-state index < -0.39 is 0 Å². The van der Waals surface area contributed by atoms with Crippen LogP contribution in [0.25, 0.3) is 121 Å². The summed E-state index contributed by atoms with van der Waals surface area (Å²) in [4.78, 5) is 2.61. The first-order chi connectivity index (χ1) is 33.6. The van der Waals surface area contributed by atoms with Crippen molar-refractivity contribution in [3.8, 4) is 33.4 Å². The van der Waals surface area contributed by atoms with Crippen LogP contribution in [0.4, 0.5) is 17.1 Å². The summed E-state index contributed by atoms with van der Waals surface area (Å²) < 4.78 is 16.8. The smallest absolute Gasteiger partial charge is 0.333 e. The van der Waals surface area contributed by atoms with Crippen molar-refractivity contribution in [1.82, 2.24) is 4.48 Å². The molecule has 68 heavy (non-hydrogen) atoms. The second-order valence-corrected chi connectivity index (χ2v) is 18.8. The summed E-state index contributed by atoms with van der Waals surface area (Å²) in [6, 6.07) is 75.7. The van der Waals surface area contributed by atoms with Gasteiger partial charge < -0.3 is 18.2 Å². The van der Waals surface area contributed by atoms with Gasteiger partial charge >= 0.3 is 6.85 Å². The van der Waals surface area contributed by atoms with Crippen LogP contribution in [-0.2, 0) is 0 Å². The molecule has 0 radical (unpaired) electrons. The van der Waals surface area contributed by atoms with E-state index >= 15 is 0 Å². The summed E-state index contributed by atoms with van der Waals surface area (Å²) in [7, 11) is 0. The molecule has 4 nitrogen and oxygen atoms in total. The van der Waals surface area contributed by atoms with Gasteiger partial charge in [0.2, 0.25) is 0 Å². The van der Waals surface area contributed by atoms with Gasteiger partial charge in [0.25, 0.3) is 0 Å². The lowest BCUT2D eigenvalue weighted by Gasteiger charge is -2.42. The molecule has 0 amide bonds. The van der Waals surface area contributed by atoms with Crippen molar-refractivity contribution in [2.75, 3.05) is 4.90 Å². The third-order valence-corrected chi connectivity index (χ3v) is 15.2. The van der Waals surface area contributed by atoms with Crippen LogP contribution in [0, 0.1) is 6.92 Å². The minimum Gasteiger partial charge on any atom is -0.455 e. The summed E-state index contributed by atoms with van der Waals surface area (Å²) in [6.07, 6.45) is 0. The van der Waals surface area contributed by atoms with Gasteiger partial charge in [0, 0.05) is 66.2 Å². The van der Waals surface area contributed by atoms with Crippen LogP contribution in [0.1, 0.15) is 5.56 Å². The summed E-state index contributed by atoms with van der Waals surface area (Å²) in [5.74, 6) is 0. The summed E-state index contributed by atoms with van der Waals surface area (Å²) in [5.41, 5.74) is 20.1. The fourth-order valence-corrected chi connectivity index (χ4v) is 12.3. The Balaban J connectivity index is 1.14. The summed E-state index contributed by atoms with van der Waals surface area (Å²) in [5, 5.41) is 11.7. The van der Waals surface area contributed by atoms with E-state index in [-0.39, 0.29) is 6.85 Å². The number of aryl methyl sites for hydroxylation is 1. The van der Waals surface area contributed by atoms with Crippen molar-refractivity contribution in [2.45, 2.75) is 6.92 Å². The van der Waals surface area contributed by atoms with Crippen molar-refractivity contribution in [2.24, 2.45) is 0 Å². The predicted molar refractivity (Wildman–Crippen MR) is 285 cm³/mol. The van der Waals surface area contributed by atoms with E-state index in [2.05, 4.69) is 223 Å². The number of para-hydroxylation sites is 3. The van der Waals surface area contributed by atoms with Gasteiger partial charge in [-0.2, -0.15) is 0 Å². The maximum absolute atomic E-state index is 7.20. The zero-order chi connectivity index (χ0) is 44.4. The number of anilines is 3. The van der Waals surface area contributed by atoms with Crippen LogP contribution in [0.3, 0.4) is 0 Å². The number of fused-ring (bicyclic) bond motifs is 17. The Kier molecular flexibility index (Phi) is 7.06. The number of rotatable bonds is 3. The molecular weight excluding hydrogens is 828 g/mol. The van der Waals surface area contributed by atoms with Gasteiger partial charge in [-0.25, -0.2) is 0 Å². The van der Waals surface area contributed by atoms with Crippen molar-refractivity contribution in [1.29, 1.82) is 0 Å². The molecule has 0 N–H and O–H groups in total. The van der Waals surface area contributed by atoms with E-state index in [0.29, 0.717) is 0 Å². The number of furan rings is 2. The number of hydrogen-bond acceptors (Lipinski definition) is 3. The van der Waals surface area contributed by atoms with Crippen molar-refractivity contribution in [3.05, 3.63) is 212 Å². The summed E-state index contributed by atoms with van der Waals surface area (Å²) >= 11 is 0. The minimum atomic E-state index is -0.207. The Labute approximate surface area is 390 Å². The molecule has 0 atom stereocenters. The van der Waals surface area contributed by atoms with Gasteiger partial charge in [-0.05, 0) is 128 Å². The average Bonchev–Trinajstić information content (AvgIpc) is 4.07. The van der Waals surface area contributed by atoms with Crippen LogP contribution in [0.5, 0.6) is 0 Å². The van der Waals surface area contributed by atoms with E-state index in [4.69, 9.17) is 8.83 Å². The lowest BCUT2D eigenvalue weighted by atomic mass is 9.44. The molecule has 0 aliphatic carbocycles. The Morgan fingerprint density at radius 1 is 0.441 bits per heavy atom. The molecule has 5 heteroatoms. The number of nitrogens with zero attached hydrogens (tertiary/aromatic N) is 2. The predicted octanol–water partition coefficient (Wildman–Crippen LogP) is 16.0. The zero-order valence-corrected chi connectivity index (χ0v) is 36.9. The fourth-order valence-electron chi connectivity index (χ4n) is 12.3. The highest BCUT2D eigenvalue weighted by Crippen LogP contribution is 2.53. The van der Waals surface area contributed by atoms with Crippen LogP contribution >= 0.6 is 0 Å². The maximum atomic E-state index is 7.20. The highest BCUT2D eigenvalue weighted by molar-refractivity contribution is 6.90. The minimum absolute atomic E-state index is 0.207. The molecule has 2 aliphatic heterocycles. The van der Waals surface area contributed by atoms with E-state index in [1.54, 1.807) is 0 Å². The molecule has 0 saturated carbocycles. The molecule has 3 aromatic heterocycles. The fraction of sp³-hybridized carbons (Fsp3) is 0.0159. The van der Waals surface area contributed by atoms with Crippen molar-refractivity contribution in [3.63, 3.8) is 0 Å². The van der Waals surface area contributed by atoms with Crippen LogP contribution in [0.2, 0.25) is 0 Å². The van der Waals surface area contributed by atoms with Crippen molar-refractivity contribution < 1.29 is 8.83 Å². The van der Waals surface area contributed by atoms with Crippen LogP contribution in [-0.4, -0.2) is 11.3 Å². The van der Waals surface area contributed by atoms with E-state index in [9.17, 15) is 0 Å². The van der Waals surface area contributed by atoms with Gasteiger partial charge in [-0.1, -0.05) is 146 Å². The number of benzene rings is 11. The first kappa shape index (κ1) is 36.4. The van der Waals surface area contributed by atoms with Gasteiger partial charge in [0.05, 0.1) is 5.39 Å². The normalized spacial score (nSPS) is 13.0. The molecular formula is C63H37BN2O2. The molecule has 5 heterocycles. The molecule has 0 spiro atoms. The third kappa shape index (κ3) is 4.74. The molecule has 0 fully saturated rings. The highest BCUT2D eigenvalue weighted by Gasteiger charge is 2.46. The van der Waals surface area contributed by atoms with Gasteiger partial charge in [0.15, 0.2) is 0 Å². The molecule has 0 saturated heterocycles. The Morgan fingerprint density at radius 2 is 1.03 bits per heavy atom. The second kappa shape index (κ2) is 13.2. The maximum Gasteiger partial charge on any atom is 0.333 e. The SMILES string of the molecule is Cc1c2c(cc3cc4ccccc4cc13)B1c3c(cc4c(oc5ccccc54)c3-c3cc4c5ccccc5oc4c4c5ccccc5n1c34)N2c1cc(-c2ccccc2)cc(-c2ccccc2)c1. The first-order valence-corrected chi connectivity index (χ1v) is 23.5. The number of aromatic nitrogens is 1. The largest absolute Gasteiger partial charge is 0.455 e. The van der Waals surface area contributed by atoms with Crippen molar-refractivity contribution >= 4 is 122 Å². The lowest BCUT2D eigenvalue weighted by molar-refractivity contribution is 0.670. The molecule has 2 aliphatic rings. The van der Waals surface area contributed by atoms with E-state index in [1.165, 1.54) is 71.3 Å². The molecule has 314 valence electrons. The topological polar surface area (TPSA) is 34.5 Å². The van der Waals surface area contributed by atoms with Gasteiger partial charge in [-0.15, -0.1) is 0 Å². The standard InChI is InChI=1S/C63H37BN2O2/c1-36-48-32-40-21-9-8-20-39(40)28-43(48)33-52-60(36)65(44-30-41(37-16-4-2-5-17-37)29-42(31-44)38-18-6-3-7-19-38)54-35-50-46-23-12-15-27-56(46)67-62(50)57-51-34-49-45-22-11-14-26-55(45)68-63(49)58-47-24-10-13-25-53(47)66(61(51)58)64(52)59(54)57/h2-35H,1H3. The molecule has 16 rings (SSSR count). The lowest BCUT2D eigenvalue weighted by Crippen LogP contribution is -2.57. The highest BCUT2D eigenvalue weighted by atomic mass is 16.3. The molecule has 14 aromatic rings. The summed E-state index contributed by atoms with van der Waals surface area (Å²) in [6.45, 7) is 2.14. The van der Waals surface area contributed by atoms with Crippen LogP contribution < -0.4 is 15.8 Å². The van der Waals surface area contributed by atoms with E-state index in [0.717, 1.165) is 82.9 Å². The second-order valence-electron chi connectivity index (χ2n) is 18.8. The quantitative estimate of drug-likeness (QED) is 0.131. The third-order valence-electron chi connectivity index (χ3n) is 15.2. The Hall–Kier alpha value is -8.80. The van der Waals surface area contributed by atoms with Gasteiger partial charge in [-0.3, -0.25) is 0 Å². The Bertz CT molecular complexity index is 4460. The average molecular weight is 865 g/mol. The molecule has 0 bridgehead atoms. The molecule has 11 aromatic carbocycles. The zero-order valence-electron chi connectivity index (χ0n) is 36.9. The monoisotopic (exact) mass is 864 g/mol.